The highest BCUT2D eigenvalue weighted by molar-refractivity contribution is 9.10. The maximum absolute atomic E-state index is 9.59. The molecule has 1 atom stereocenters. The van der Waals surface area contributed by atoms with E-state index in [1.165, 1.54) is 0 Å². The fourth-order valence-electron chi connectivity index (χ4n) is 2.18. The topological polar surface area (TPSA) is 38.0 Å². The van der Waals surface area contributed by atoms with Crippen molar-refractivity contribution in [3.05, 3.63) is 28.5 Å². The molecule has 0 spiro atoms. The Balaban J connectivity index is 2.29. The summed E-state index contributed by atoms with van der Waals surface area (Å²) < 4.78 is 3.28. The quantitative estimate of drug-likeness (QED) is 0.793. The van der Waals surface area contributed by atoms with E-state index < -0.39 is 0 Å². The van der Waals surface area contributed by atoms with Gasteiger partial charge in [0, 0.05) is 17.4 Å². The van der Waals surface area contributed by atoms with Gasteiger partial charge in [-0.3, -0.25) is 0 Å². The van der Waals surface area contributed by atoms with Gasteiger partial charge in [-0.15, -0.1) is 0 Å². The van der Waals surface area contributed by atoms with E-state index in [9.17, 15) is 5.11 Å². The van der Waals surface area contributed by atoms with Crippen LogP contribution in [0.5, 0.6) is 0 Å². The Morgan fingerprint density at radius 2 is 2.33 bits per heavy atom. The molecule has 0 aliphatic carbocycles. The van der Waals surface area contributed by atoms with Gasteiger partial charge in [-0.25, -0.2) is 4.98 Å². The molecule has 0 saturated carbocycles. The first-order valence-corrected chi connectivity index (χ1v) is 5.86. The molecule has 78 valence electrons. The average Bonchev–Trinajstić information content (AvgIpc) is 2.56. The van der Waals surface area contributed by atoms with Gasteiger partial charge in [0.1, 0.15) is 5.82 Å². The summed E-state index contributed by atoms with van der Waals surface area (Å²) in [6.45, 7) is 0.857. The zero-order valence-electron chi connectivity index (χ0n) is 8.15. The number of aliphatic hydroxyl groups excluding tert-OH is 1. The van der Waals surface area contributed by atoms with Crippen LogP contribution in [0.4, 0.5) is 0 Å². The largest absolute Gasteiger partial charge is 0.393 e. The molecule has 0 saturated heterocycles. The van der Waals surface area contributed by atoms with E-state index in [-0.39, 0.29) is 6.10 Å². The van der Waals surface area contributed by atoms with E-state index in [1.807, 2.05) is 18.2 Å². The van der Waals surface area contributed by atoms with E-state index in [2.05, 4.69) is 25.5 Å². The number of aliphatic hydroxyl groups is 1. The predicted molar refractivity (Wildman–Crippen MR) is 61.8 cm³/mol. The fourth-order valence-corrected chi connectivity index (χ4v) is 2.75. The van der Waals surface area contributed by atoms with E-state index in [0.717, 1.165) is 34.3 Å². The van der Waals surface area contributed by atoms with E-state index >= 15 is 0 Å². The lowest BCUT2D eigenvalue weighted by atomic mass is 10.1. The predicted octanol–water partition coefficient (Wildman–Crippen LogP) is 2.11. The normalized spacial score (nSPS) is 20.5. The third kappa shape index (κ3) is 1.40. The highest BCUT2D eigenvalue weighted by Gasteiger charge is 2.20. The van der Waals surface area contributed by atoms with Crippen LogP contribution >= 0.6 is 15.9 Å². The number of rotatable bonds is 0. The zero-order chi connectivity index (χ0) is 10.4. The van der Waals surface area contributed by atoms with Gasteiger partial charge in [0.05, 0.1) is 17.1 Å². The Hall–Kier alpha value is -0.870. The van der Waals surface area contributed by atoms with Gasteiger partial charge in [0.15, 0.2) is 0 Å². The third-order valence-electron chi connectivity index (χ3n) is 2.90. The SMILES string of the molecule is OC1CCn2c(nc3cccc(Br)c32)C1. The van der Waals surface area contributed by atoms with Crippen molar-refractivity contribution in [2.75, 3.05) is 0 Å². The lowest BCUT2D eigenvalue weighted by molar-refractivity contribution is 0.142. The number of aryl methyl sites for hydroxylation is 1. The van der Waals surface area contributed by atoms with Crippen LogP contribution in [0.1, 0.15) is 12.2 Å². The Kier molecular flexibility index (Phi) is 2.07. The highest BCUT2D eigenvalue weighted by Crippen LogP contribution is 2.28. The second-order valence-corrected chi connectivity index (χ2v) is 4.79. The molecule has 4 heteroatoms. The first-order chi connectivity index (χ1) is 7.25. The molecule has 1 aliphatic heterocycles. The van der Waals surface area contributed by atoms with E-state index in [1.54, 1.807) is 0 Å². The van der Waals surface area contributed by atoms with Crippen LogP contribution in [-0.2, 0) is 13.0 Å². The summed E-state index contributed by atoms with van der Waals surface area (Å²) in [5.41, 5.74) is 2.16. The van der Waals surface area contributed by atoms with Crippen molar-refractivity contribution in [3.63, 3.8) is 0 Å². The van der Waals surface area contributed by atoms with Gasteiger partial charge < -0.3 is 9.67 Å². The Morgan fingerprint density at radius 1 is 1.47 bits per heavy atom. The molecule has 0 amide bonds. The number of fused-ring (bicyclic) bond motifs is 3. The first kappa shape index (κ1) is 9.36. The lowest BCUT2D eigenvalue weighted by Gasteiger charge is -2.19. The van der Waals surface area contributed by atoms with Crippen molar-refractivity contribution >= 4 is 27.0 Å². The summed E-state index contributed by atoms with van der Waals surface area (Å²) in [7, 11) is 0. The summed E-state index contributed by atoms with van der Waals surface area (Å²) >= 11 is 3.55. The molecule has 0 bridgehead atoms. The van der Waals surface area contributed by atoms with Crippen molar-refractivity contribution in [3.8, 4) is 0 Å². The van der Waals surface area contributed by atoms with E-state index in [4.69, 9.17) is 0 Å². The molecule has 2 heterocycles. The van der Waals surface area contributed by atoms with Crippen LogP contribution in [0.25, 0.3) is 11.0 Å². The van der Waals surface area contributed by atoms with Crippen LogP contribution < -0.4 is 0 Å². The maximum atomic E-state index is 9.59. The number of para-hydroxylation sites is 1. The molecule has 2 aromatic rings. The molecule has 15 heavy (non-hydrogen) atoms. The highest BCUT2D eigenvalue weighted by atomic mass is 79.9. The number of imidazole rings is 1. The number of hydrogen-bond acceptors (Lipinski definition) is 2. The van der Waals surface area contributed by atoms with Crippen LogP contribution in [0.3, 0.4) is 0 Å². The van der Waals surface area contributed by atoms with Crippen molar-refractivity contribution < 1.29 is 5.11 Å². The number of aromatic nitrogens is 2. The minimum atomic E-state index is -0.229. The molecule has 1 unspecified atom stereocenters. The standard InChI is InChI=1S/C11H11BrN2O/c12-8-2-1-3-9-11(8)14-5-4-7(15)6-10(14)13-9/h1-3,7,15H,4-6H2. The average molecular weight is 267 g/mol. The molecule has 1 N–H and O–H groups in total. The van der Waals surface area contributed by atoms with Crippen molar-refractivity contribution in [2.24, 2.45) is 0 Å². The van der Waals surface area contributed by atoms with Gasteiger partial charge in [-0.05, 0) is 34.5 Å². The fraction of sp³-hybridized carbons (Fsp3) is 0.364. The number of benzene rings is 1. The summed E-state index contributed by atoms with van der Waals surface area (Å²) in [6, 6.07) is 6.03. The summed E-state index contributed by atoms with van der Waals surface area (Å²) in [4.78, 5) is 4.54. The molecule has 1 aromatic heterocycles. The van der Waals surface area contributed by atoms with Crippen molar-refractivity contribution in [1.29, 1.82) is 0 Å². The molecule has 3 rings (SSSR count). The first-order valence-electron chi connectivity index (χ1n) is 5.07. The molecule has 1 aromatic carbocycles. The third-order valence-corrected chi connectivity index (χ3v) is 3.54. The monoisotopic (exact) mass is 266 g/mol. The summed E-state index contributed by atoms with van der Waals surface area (Å²) in [6.07, 6.45) is 1.26. The van der Waals surface area contributed by atoms with Crippen LogP contribution in [-0.4, -0.2) is 20.8 Å². The number of nitrogens with zero attached hydrogens (tertiary/aromatic N) is 2. The molecule has 3 nitrogen and oxygen atoms in total. The molecular formula is C11H11BrN2O. The number of halogens is 1. The van der Waals surface area contributed by atoms with Crippen LogP contribution in [0.15, 0.2) is 22.7 Å². The lowest BCUT2D eigenvalue weighted by Crippen LogP contribution is -2.23. The Morgan fingerprint density at radius 3 is 3.20 bits per heavy atom. The van der Waals surface area contributed by atoms with Crippen molar-refractivity contribution in [2.45, 2.75) is 25.5 Å². The number of hydrogen-bond donors (Lipinski definition) is 1. The molecule has 1 aliphatic rings. The Bertz CT molecular complexity index is 521. The smallest absolute Gasteiger partial charge is 0.112 e. The summed E-state index contributed by atoms with van der Waals surface area (Å²) in [5.74, 6) is 0.996. The molecular weight excluding hydrogens is 256 g/mol. The van der Waals surface area contributed by atoms with Gasteiger partial charge in [0.25, 0.3) is 0 Å². The minimum absolute atomic E-state index is 0.229. The van der Waals surface area contributed by atoms with Gasteiger partial charge in [-0.1, -0.05) is 6.07 Å². The minimum Gasteiger partial charge on any atom is -0.393 e. The Labute approximate surface area is 95.9 Å². The van der Waals surface area contributed by atoms with Gasteiger partial charge in [-0.2, -0.15) is 0 Å². The van der Waals surface area contributed by atoms with Crippen LogP contribution in [0.2, 0.25) is 0 Å². The van der Waals surface area contributed by atoms with Gasteiger partial charge in [0.2, 0.25) is 0 Å². The molecule has 0 radical (unpaired) electrons. The second kappa shape index (κ2) is 3.32. The summed E-state index contributed by atoms with van der Waals surface area (Å²) in [5, 5.41) is 9.59. The van der Waals surface area contributed by atoms with E-state index in [0.29, 0.717) is 6.42 Å². The van der Waals surface area contributed by atoms with Crippen molar-refractivity contribution in [1.82, 2.24) is 9.55 Å². The molecule has 0 fully saturated rings. The zero-order valence-corrected chi connectivity index (χ0v) is 9.74. The maximum Gasteiger partial charge on any atom is 0.112 e. The second-order valence-electron chi connectivity index (χ2n) is 3.93. The van der Waals surface area contributed by atoms with Gasteiger partial charge >= 0.3 is 0 Å². The van der Waals surface area contributed by atoms with Crippen LogP contribution in [0, 0.1) is 0 Å².